The highest BCUT2D eigenvalue weighted by atomic mass is 32.2. The predicted molar refractivity (Wildman–Crippen MR) is 131 cm³/mol. The molecule has 35 heavy (non-hydrogen) atoms. The highest BCUT2D eigenvalue weighted by molar-refractivity contribution is 7.90. The molecule has 0 unspecified atom stereocenters. The zero-order valence-corrected chi connectivity index (χ0v) is 19.8. The first kappa shape index (κ1) is 22.4. The van der Waals surface area contributed by atoms with E-state index in [4.69, 9.17) is 9.72 Å². The number of sulfone groups is 1. The molecule has 11 heteroatoms. The molecule has 176 valence electrons. The van der Waals surface area contributed by atoms with Gasteiger partial charge in [0.1, 0.15) is 10.4 Å². The van der Waals surface area contributed by atoms with Crippen LogP contribution in [0.15, 0.2) is 78.3 Å². The predicted octanol–water partition coefficient (Wildman–Crippen LogP) is 3.27. The molecule has 0 saturated heterocycles. The summed E-state index contributed by atoms with van der Waals surface area (Å²) >= 11 is 0. The molecule has 4 heterocycles. The number of benzene rings is 1. The normalized spacial score (nSPS) is 11.5. The van der Waals surface area contributed by atoms with E-state index in [1.807, 2.05) is 42.6 Å². The van der Waals surface area contributed by atoms with Gasteiger partial charge in [-0.3, -0.25) is 9.97 Å². The van der Waals surface area contributed by atoms with Crippen molar-refractivity contribution in [2.45, 2.75) is 11.4 Å². The maximum absolute atomic E-state index is 12.3. The number of fused-ring (bicyclic) bond motifs is 1. The van der Waals surface area contributed by atoms with E-state index in [9.17, 15) is 8.42 Å². The summed E-state index contributed by atoms with van der Waals surface area (Å²) in [6.07, 6.45) is 9.34. The van der Waals surface area contributed by atoms with Gasteiger partial charge in [0.25, 0.3) is 0 Å². The minimum absolute atomic E-state index is 0.0191. The highest BCUT2D eigenvalue weighted by Gasteiger charge is 2.20. The van der Waals surface area contributed by atoms with Gasteiger partial charge in [-0.15, -0.1) is 5.10 Å². The molecule has 1 N–H and O–H groups in total. The SMILES string of the molecule is COc1ncc(-c2nc(NCc3cnccn3)c3c(-c4ccccc4)ccn3n2)cc1S(C)(=O)=O. The fourth-order valence-corrected chi connectivity index (χ4v) is 4.48. The second-order valence-corrected chi connectivity index (χ2v) is 9.71. The summed E-state index contributed by atoms with van der Waals surface area (Å²) in [6.45, 7) is 0.384. The molecule has 5 rings (SSSR count). The molecule has 0 bridgehead atoms. The van der Waals surface area contributed by atoms with Crippen molar-refractivity contribution in [2.75, 3.05) is 18.7 Å². The van der Waals surface area contributed by atoms with Crippen molar-refractivity contribution in [1.29, 1.82) is 0 Å². The van der Waals surface area contributed by atoms with Gasteiger partial charge in [0, 0.05) is 42.2 Å². The molecular weight excluding hydrogens is 466 g/mol. The Morgan fingerprint density at radius 1 is 1.03 bits per heavy atom. The summed E-state index contributed by atoms with van der Waals surface area (Å²) in [5.41, 5.74) is 3.91. The number of pyridine rings is 1. The lowest BCUT2D eigenvalue weighted by atomic mass is 10.1. The number of aromatic nitrogens is 6. The third kappa shape index (κ3) is 4.53. The Hall–Kier alpha value is -4.38. The van der Waals surface area contributed by atoms with Crippen molar-refractivity contribution >= 4 is 21.2 Å². The number of nitrogens with zero attached hydrogens (tertiary/aromatic N) is 6. The molecule has 0 radical (unpaired) electrons. The summed E-state index contributed by atoms with van der Waals surface area (Å²) in [4.78, 5) is 17.3. The first-order valence-corrected chi connectivity index (χ1v) is 12.5. The lowest BCUT2D eigenvalue weighted by Gasteiger charge is -2.12. The number of ether oxygens (including phenoxy) is 1. The Morgan fingerprint density at radius 2 is 1.86 bits per heavy atom. The Kier molecular flexibility index (Phi) is 5.83. The number of hydrogen-bond donors (Lipinski definition) is 1. The van der Waals surface area contributed by atoms with Crippen LogP contribution in [-0.2, 0) is 16.4 Å². The first-order chi connectivity index (χ1) is 16.9. The topological polar surface area (TPSA) is 124 Å². The van der Waals surface area contributed by atoms with Crippen molar-refractivity contribution in [2.24, 2.45) is 0 Å². The van der Waals surface area contributed by atoms with Crippen LogP contribution in [0.3, 0.4) is 0 Å². The number of rotatable bonds is 7. The largest absolute Gasteiger partial charge is 0.480 e. The second kappa shape index (κ2) is 9.11. The average molecular weight is 488 g/mol. The van der Waals surface area contributed by atoms with Crippen LogP contribution in [-0.4, -0.2) is 51.3 Å². The van der Waals surface area contributed by atoms with Crippen molar-refractivity contribution in [1.82, 2.24) is 29.5 Å². The summed E-state index contributed by atoms with van der Waals surface area (Å²) < 4.78 is 31.5. The van der Waals surface area contributed by atoms with E-state index >= 15 is 0 Å². The molecule has 0 amide bonds. The van der Waals surface area contributed by atoms with Crippen LogP contribution in [0.2, 0.25) is 0 Å². The maximum Gasteiger partial charge on any atom is 0.232 e. The van der Waals surface area contributed by atoms with Gasteiger partial charge in [0.05, 0.1) is 25.5 Å². The third-order valence-electron chi connectivity index (χ3n) is 5.32. The van der Waals surface area contributed by atoms with Gasteiger partial charge < -0.3 is 10.1 Å². The summed E-state index contributed by atoms with van der Waals surface area (Å²) in [5.74, 6) is 0.876. The standard InChI is InChI=1S/C24H21N7O3S/c1-34-24-20(35(2,32)33)12-17(13-28-24)22-29-23(27-15-18-14-25-9-10-26-18)21-19(8-11-31(21)30-22)16-6-4-3-5-7-16/h3-14H,15H2,1-2H3,(H,27,29,30). The lowest BCUT2D eigenvalue weighted by molar-refractivity contribution is 0.385. The molecule has 0 spiro atoms. The third-order valence-corrected chi connectivity index (χ3v) is 6.41. The van der Waals surface area contributed by atoms with Crippen LogP contribution in [0.4, 0.5) is 5.82 Å². The zero-order chi connectivity index (χ0) is 24.4. The Labute approximate surface area is 201 Å². The minimum atomic E-state index is -3.59. The van der Waals surface area contributed by atoms with Crippen molar-refractivity contribution < 1.29 is 13.2 Å². The molecule has 1 aromatic carbocycles. The van der Waals surface area contributed by atoms with Gasteiger partial charge in [-0.25, -0.2) is 22.9 Å². The number of hydrogen-bond acceptors (Lipinski definition) is 9. The molecule has 0 fully saturated rings. The Bertz CT molecular complexity index is 1610. The van der Waals surface area contributed by atoms with E-state index in [1.165, 1.54) is 19.4 Å². The molecule has 10 nitrogen and oxygen atoms in total. The average Bonchev–Trinajstić information content (AvgIpc) is 3.32. The molecule has 0 aliphatic rings. The number of nitrogens with one attached hydrogen (secondary N) is 1. The van der Waals surface area contributed by atoms with Crippen molar-refractivity contribution in [3.63, 3.8) is 0 Å². The molecular formula is C24H21N7O3S. The van der Waals surface area contributed by atoms with Crippen LogP contribution >= 0.6 is 0 Å². The van der Waals surface area contributed by atoms with Gasteiger partial charge in [-0.2, -0.15) is 0 Å². The monoisotopic (exact) mass is 487 g/mol. The number of anilines is 1. The maximum atomic E-state index is 12.3. The lowest BCUT2D eigenvalue weighted by Crippen LogP contribution is -2.09. The van der Waals surface area contributed by atoms with E-state index in [0.29, 0.717) is 23.8 Å². The number of methoxy groups -OCH3 is 1. The van der Waals surface area contributed by atoms with Crippen molar-refractivity contribution in [3.8, 4) is 28.4 Å². The second-order valence-electron chi connectivity index (χ2n) is 7.73. The first-order valence-electron chi connectivity index (χ1n) is 10.6. The molecule has 0 saturated carbocycles. The Morgan fingerprint density at radius 3 is 2.57 bits per heavy atom. The van der Waals surface area contributed by atoms with E-state index in [2.05, 4.69) is 25.4 Å². The van der Waals surface area contributed by atoms with Crippen LogP contribution in [0, 0.1) is 0 Å². The van der Waals surface area contributed by atoms with Crippen LogP contribution in [0.1, 0.15) is 5.69 Å². The van der Waals surface area contributed by atoms with E-state index in [-0.39, 0.29) is 10.8 Å². The fraction of sp³-hybridized carbons (Fsp3) is 0.125. The smallest absolute Gasteiger partial charge is 0.232 e. The molecule has 0 aliphatic heterocycles. The van der Waals surface area contributed by atoms with Crippen LogP contribution in [0.5, 0.6) is 5.88 Å². The quantitative estimate of drug-likeness (QED) is 0.368. The summed E-state index contributed by atoms with van der Waals surface area (Å²) in [6, 6.07) is 13.4. The summed E-state index contributed by atoms with van der Waals surface area (Å²) in [7, 11) is -2.21. The fourth-order valence-electron chi connectivity index (χ4n) is 3.69. The van der Waals surface area contributed by atoms with E-state index in [0.717, 1.165) is 28.6 Å². The van der Waals surface area contributed by atoms with Gasteiger partial charge in [0.15, 0.2) is 21.5 Å². The molecule has 5 aromatic rings. The Balaban J connectivity index is 1.66. The van der Waals surface area contributed by atoms with Gasteiger partial charge in [-0.05, 0) is 17.7 Å². The summed E-state index contributed by atoms with van der Waals surface area (Å²) in [5, 5.41) is 7.99. The van der Waals surface area contributed by atoms with Crippen LogP contribution < -0.4 is 10.1 Å². The van der Waals surface area contributed by atoms with Gasteiger partial charge in [0.2, 0.25) is 5.88 Å². The molecule has 0 aliphatic carbocycles. The zero-order valence-electron chi connectivity index (χ0n) is 19.0. The molecule has 4 aromatic heterocycles. The van der Waals surface area contributed by atoms with Crippen LogP contribution in [0.25, 0.3) is 28.0 Å². The minimum Gasteiger partial charge on any atom is -0.480 e. The van der Waals surface area contributed by atoms with Gasteiger partial charge >= 0.3 is 0 Å². The molecule has 0 atom stereocenters. The highest BCUT2D eigenvalue weighted by Crippen LogP contribution is 2.32. The van der Waals surface area contributed by atoms with E-state index in [1.54, 1.807) is 23.1 Å². The van der Waals surface area contributed by atoms with Gasteiger partial charge in [-0.1, -0.05) is 30.3 Å². The van der Waals surface area contributed by atoms with E-state index < -0.39 is 9.84 Å². The van der Waals surface area contributed by atoms with Crippen molar-refractivity contribution in [3.05, 3.63) is 79.1 Å².